The van der Waals surface area contributed by atoms with E-state index in [1.54, 1.807) is 24.8 Å². The van der Waals surface area contributed by atoms with Gasteiger partial charge < -0.3 is 19.9 Å². The Bertz CT molecular complexity index is 565. The maximum Gasteiger partial charge on any atom is 0.186 e. The maximum atomic E-state index is 5.75. The molecule has 0 amide bonds. The summed E-state index contributed by atoms with van der Waals surface area (Å²) < 4.78 is 7.23. The van der Waals surface area contributed by atoms with E-state index < -0.39 is 0 Å². The lowest BCUT2D eigenvalue weighted by atomic mass is 10.3. The highest BCUT2D eigenvalue weighted by Crippen LogP contribution is 2.28. The summed E-state index contributed by atoms with van der Waals surface area (Å²) in [5, 5.41) is 9.03. The first-order valence-corrected chi connectivity index (χ1v) is 6.92. The second kappa shape index (κ2) is 5.24. The van der Waals surface area contributed by atoms with Crippen LogP contribution < -0.4 is 10.6 Å². The molecule has 0 saturated heterocycles. The molecule has 0 spiro atoms. The monoisotopic (exact) mass is 280 g/mol. The van der Waals surface area contributed by atoms with Crippen molar-refractivity contribution in [3.8, 4) is 0 Å². The fraction of sp³-hybridized carbons (Fsp3) is 0.545. The first-order chi connectivity index (χ1) is 9.31. The lowest BCUT2D eigenvalue weighted by molar-refractivity contribution is 0.181. The number of anilines is 1. The number of nitrogens with two attached hydrogens (primary N) is 1. The van der Waals surface area contributed by atoms with Gasteiger partial charge in [0.1, 0.15) is 6.33 Å². The minimum atomic E-state index is 0.500. The van der Waals surface area contributed by atoms with Crippen molar-refractivity contribution in [3.05, 3.63) is 22.7 Å². The summed E-state index contributed by atoms with van der Waals surface area (Å²) in [5.74, 6) is 0.976. The van der Waals surface area contributed by atoms with E-state index in [1.165, 1.54) is 0 Å². The van der Waals surface area contributed by atoms with Gasteiger partial charge in [-0.1, -0.05) is 0 Å². The number of hydrogen-bond donors (Lipinski definition) is 1. The normalized spacial score (nSPS) is 14.7. The van der Waals surface area contributed by atoms with Crippen LogP contribution >= 0.6 is 11.3 Å². The number of fused-ring (bicyclic) bond motifs is 1. The van der Waals surface area contributed by atoms with Crippen molar-refractivity contribution in [2.45, 2.75) is 26.2 Å². The Morgan fingerprint density at radius 3 is 3.16 bits per heavy atom. The predicted octanol–water partition coefficient (Wildman–Crippen LogP) is 0.360. The zero-order valence-corrected chi connectivity index (χ0v) is 11.6. The minimum Gasteiger partial charge on any atom is -0.378 e. The van der Waals surface area contributed by atoms with E-state index >= 15 is 0 Å². The van der Waals surface area contributed by atoms with E-state index in [9.17, 15) is 0 Å². The van der Waals surface area contributed by atoms with Crippen LogP contribution in [0.25, 0.3) is 0 Å². The van der Waals surface area contributed by atoms with Crippen molar-refractivity contribution in [1.29, 1.82) is 0 Å². The molecule has 8 heteroatoms. The molecule has 7 nitrogen and oxygen atoms in total. The zero-order chi connectivity index (χ0) is 13.2. The minimum absolute atomic E-state index is 0.500. The third-order valence-corrected chi connectivity index (χ3v) is 4.32. The Morgan fingerprint density at radius 2 is 2.37 bits per heavy atom. The van der Waals surface area contributed by atoms with Gasteiger partial charge in [0.2, 0.25) is 0 Å². The third kappa shape index (κ3) is 2.34. The van der Waals surface area contributed by atoms with Crippen LogP contribution in [0.2, 0.25) is 0 Å². The fourth-order valence-electron chi connectivity index (χ4n) is 2.14. The lowest BCUT2D eigenvalue weighted by Gasteiger charge is -2.26. The van der Waals surface area contributed by atoms with Gasteiger partial charge in [0, 0.05) is 31.6 Å². The maximum absolute atomic E-state index is 5.75. The van der Waals surface area contributed by atoms with Gasteiger partial charge in [-0.25, -0.2) is 4.98 Å². The summed E-state index contributed by atoms with van der Waals surface area (Å²) >= 11 is 1.64. The van der Waals surface area contributed by atoms with Crippen LogP contribution in [0.15, 0.2) is 6.33 Å². The highest BCUT2D eigenvalue weighted by atomic mass is 32.1. The molecule has 0 fully saturated rings. The van der Waals surface area contributed by atoms with E-state index in [4.69, 9.17) is 10.5 Å². The molecular weight excluding hydrogens is 264 g/mol. The molecular formula is C11H16N6OS. The Kier molecular flexibility index (Phi) is 3.45. The fourth-order valence-corrected chi connectivity index (χ4v) is 3.11. The molecule has 0 aliphatic carbocycles. The molecule has 0 unspecified atom stereocenters. The molecule has 3 rings (SSSR count). The number of ether oxygens (including phenoxy) is 1. The zero-order valence-electron chi connectivity index (χ0n) is 10.7. The summed E-state index contributed by atoms with van der Waals surface area (Å²) in [6.07, 6.45) is 1.77. The van der Waals surface area contributed by atoms with Crippen LogP contribution in [0.4, 0.5) is 5.13 Å². The predicted molar refractivity (Wildman–Crippen MR) is 71.8 cm³/mol. The molecule has 0 bridgehead atoms. The van der Waals surface area contributed by atoms with Gasteiger partial charge in [-0.15, -0.1) is 21.5 Å². The van der Waals surface area contributed by atoms with Crippen LogP contribution in [0.3, 0.4) is 0 Å². The first kappa shape index (κ1) is 12.5. The van der Waals surface area contributed by atoms with Gasteiger partial charge in [0.05, 0.1) is 18.8 Å². The van der Waals surface area contributed by atoms with Crippen molar-refractivity contribution >= 4 is 16.5 Å². The molecule has 0 radical (unpaired) electrons. The van der Waals surface area contributed by atoms with Crippen LogP contribution in [0, 0.1) is 0 Å². The highest BCUT2D eigenvalue weighted by Gasteiger charge is 2.21. The van der Waals surface area contributed by atoms with Crippen LogP contribution in [0.1, 0.15) is 16.4 Å². The molecule has 2 aromatic heterocycles. The van der Waals surface area contributed by atoms with E-state index in [1.807, 2.05) is 0 Å². The first-order valence-electron chi connectivity index (χ1n) is 6.11. The SMILES string of the molecule is COCc1nc(N2CCn3cnnc3C2)sc1CN. The molecule has 1 aliphatic rings. The van der Waals surface area contributed by atoms with Crippen molar-refractivity contribution in [1.82, 2.24) is 19.7 Å². The summed E-state index contributed by atoms with van der Waals surface area (Å²) in [6.45, 7) is 3.55. The molecule has 1 aliphatic heterocycles. The Balaban J connectivity index is 1.83. The van der Waals surface area contributed by atoms with Crippen molar-refractivity contribution in [3.63, 3.8) is 0 Å². The Labute approximate surface area is 115 Å². The van der Waals surface area contributed by atoms with Crippen LogP contribution in [0.5, 0.6) is 0 Å². The van der Waals surface area contributed by atoms with Gasteiger partial charge in [0.25, 0.3) is 0 Å². The summed E-state index contributed by atoms with van der Waals surface area (Å²) in [6, 6.07) is 0. The van der Waals surface area contributed by atoms with E-state index in [0.717, 1.165) is 41.2 Å². The van der Waals surface area contributed by atoms with Crippen molar-refractivity contribution in [2.24, 2.45) is 5.73 Å². The van der Waals surface area contributed by atoms with Gasteiger partial charge in [-0.2, -0.15) is 0 Å². The van der Waals surface area contributed by atoms with E-state index in [2.05, 4.69) is 24.6 Å². The summed E-state index contributed by atoms with van der Waals surface area (Å²) in [7, 11) is 1.67. The summed E-state index contributed by atoms with van der Waals surface area (Å²) in [4.78, 5) is 7.94. The molecule has 3 heterocycles. The standard InChI is InChI=1S/C11H16N6OS/c1-18-6-8-9(4-12)19-11(14-8)16-2-3-17-7-13-15-10(17)5-16/h7H,2-6,12H2,1H3. The van der Waals surface area contributed by atoms with Gasteiger partial charge in [-0.3, -0.25) is 0 Å². The van der Waals surface area contributed by atoms with Gasteiger partial charge in [0.15, 0.2) is 11.0 Å². The summed E-state index contributed by atoms with van der Waals surface area (Å²) in [5.41, 5.74) is 6.70. The van der Waals surface area contributed by atoms with E-state index in [-0.39, 0.29) is 0 Å². The van der Waals surface area contributed by atoms with Gasteiger partial charge in [-0.05, 0) is 0 Å². The number of nitrogens with zero attached hydrogens (tertiary/aromatic N) is 5. The van der Waals surface area contributed by atoms with Crippen molar-refractivity contribution in [2.75, 3.05) is 18.6 Å². The second-order valence-corrected chi connectivity index (χ2v) is 5.43. The number of rotatable bonds is 4. The Morgan fingerprint density at radius 1 is 1.47 bits per heavy atom. The third-order valence-electron chi connectivity index (χ3n) is 3.14. The molecule has 0 saturated carbocycles. The highest BCUT2D eigenvalue weighted by molar-refractivity contribution is 7.15. The largest absolute Gasteiger partial charge is 0.378 e. The topological polar surface area (TPSA) is 82.1 Å². The molecule has 2 aromatic rings. The number of thiazole rings is 1. The lowest BCUT2D eigenvalue weighted by Crippen LogP contribution is -2.33. The van der Waals surface area contributed by atoms with Crippen LogP contribution in [-0.2, 0) is 31.0 Å². The quantitative estimate of drug-likeness (QED) is 0.871. The number of aromatic nitrogens is 4. The molecule has 102 valence electrons. The number of methoxy groups -OCH3 is 1. The Hall–Kier alpha value is -1.51. The smallest absolute Gasteiger partial charge is 0.186 e. The van der Waals surface area contributed by atoms with Crippen molar-refractivity contribution < 1.29 is 4.74 Å². The molecule has 2 N–H and O–H groups in total. The van der Waals surface area contributed by atoms with Crippen LogP contribution in [-0.4, -0.2) is 33.4 Å². The average molecular weight is 280 g/mol. The second-order valence-electron chi connectivity index (χ2n) is 4.37. The molecule has 0 atom stereocenters. The van der Waals surface area contributed by atoms with E-state index in [0.29, 0.717) is 13.2 Å². The average Bonchev–Trinajstić information content (AvgIpc) is 3.04. The van der Waals surface area contributed by atoms with Gasteiger partial charge >= 0.3 is 0 Å². The number of hydrogen-bond acceptors (Lipinski definition) is 7. The molecule has 19 heavy (non-hydrogen) atoms. The molecule has 0 aromatic carbocycles.